The zero-order valence-corrected chi connectivity index (χ0v) is 16.9. The standard InChI is InChI=1S/C24H15F3N4O2/c25-16-4-1-14(2-5-16)13-30-22-11-15(23(32)29-19-12-17(26)6-7-18(19)27)3-8-20(22)31-21(24(30)33)9-10-28-31/h1-12H,13H2,(H,29,32). The summed E-state index contributed by atoms with van der Waals surface area (Å²) in [5.41, 5.74) is 1.45. The molecule has 0 aliphatic carbocycles. The molecule has 0 saturated heterocycles. The Bertz CT molecular complexity index is 1590. The summed E-state index contributed by atoms with van der Waals surface area (Å²) in [7, 11) is 0. The van der Waals surface area contributed by atoms with Gasteiger partial charge in [-0.1, -0.05) is 12.1 Å². The number of carbonyl (C=O) groups excluding carboxylic acids is 1. The zero-order valence-electron chi connectivity index (χ0n) is 16.9. The Labute approximate surface area is 184 Å². The van der Waals surface area contributed by atoms with Gasteiger partial charge < -0.3 is 9.88 Å². The van der Waals surface area contributed by atoms with E-state index in [1.807, 2.05) is 0 Å². The lowest BCUT2D eigenvalue weighted by Crippen LogP contribution is -2.24. The Morgan fingerprint density at radius 1 is 0.848 bits per heavy atom. The summed E-state index contributed by atoms with van der Waals surface area (Å²) in [6, 6.07) is 14.7. The van der Waals surface area contributed by atoms with Crippen molar-refractivity contribution in [1.82, 2.24) is 14.2 Å². The van der Waals surface area contributed by atoms with Crippen molar-refractivity contribution in [3.63, 3.8) is 0 Å². The topological polar surface area (TPSA) is 68.4 Å². The van der Waals surface area contributed by atoms with Crippen LogP contribution >= 0.6 is 0 Å². The van der Waals surface area contributed by atoms with E-state index in [4.69, 9.17) is 0 Å². The molecule has 164 valence electrons. The van der Waals surface area contributed by atoms with Crippen molar-refractivity contribution in [2.45, 2.75) is 6.54 Å². The Morgan fingerprint density at radius 2 is 1.61 bits per heavy atom. The van der Waals surface area contributed by atoms with Crippen molar-refractivity contribution >= 4 is 28.1 Å². The number of hydrogen-bond acceptors (Lipinski definition) is 3. The number of nitrogens with zero attached hydrogens (tertiary/aromatic N) is 3. The van der Waals surface area contributed by atoms with E-state index in [0.29, 0.717) is 22.1 Å². The molecule has 1 N–H and O–H groups in total. The number of aromatic nitrogens is 3. The molecule has 0 fully saturated rings. The van der Waals surface area contributed by atoms with Crippen molar-refractivity contribution in [2.24, 2.45) is 0 Å². The average Bonchev–Trinajstić information content (AvgIpc) is 3.30. The summed E-state index contributed by atoms with van der Waals surface area (Å²) in [4.78, 5) is 25.9. The van der Waals surface area contributed by atoms with Crippen LogP contribution in [0.25, 0.3) is 16.6 Å². The highest BCUT2D eigenvalue weighted by Crippen LogP contribution is 2.20. The third-order valence-corrected chi connectivity index (χ3v) is 5.29. The van der Waals surface area contributed by atoms with Gasteiger partial charge in [0.15, 0.2) is 0 Å². The molecular formula is C24H15F3N4O2. The van der Waals surface area contributed by atoms with Crippen LogP contribution in [-0.2, 0) is 6.54 Å². The lowest BCUT2D eigenvalue weighted by Gasteiger charge is -2.14. The smallest absolute Gasteiger partial charge is 0.277 e. The Hall–Kier alpha value is -4.40. The number of halogens is 3. The largest absolute Gasteiger partial charge is 0.319 e. The van der Waals surface area contributed by atoms with Crippen LogP contribution in [0.1, 0.15) is 15.9 Å². The van der Waals surface area contributed by atoms with Gasteiger partial charge in [0.2, 0.25) is 0 Å². The van der Waals surface area contributed by atoms with E-state index in [-0.39, 0.29) is 23.4 Å². The van der Waals surface area contributed by atoms with Gasteiger partial charge in [0.25, 0.3) is 11.5 Å². The van der Waals surface area contributed by atoms with Crippen molar-refractivity contribution in [2.75, 3.05) is 5.32 Å². The van der Waals surface area contributed by atoms with Crippen LogP contribution in [0.5, 0.6) is 0 Å². The van der Waals surface area contributed by atoms with Crippen LogP contribution < -0.4 is 10.9 Å². The molecule has 33 heavy (non-hydrogen) atoms. The highest BCUT2D eigenvalue weighted by Gasteiger charge is 2.16. The van der Waals surface area contributed by atoms with Gasteiger partial charge in [0, 0.05) is 11.6 Å². The first kappa shape index (κ1) is 20.5. The van der Waals surface area contributed by atoms with Crippen molar-refractivity contribution in [3.8, 4) is 0 Å². The second-order valence-corrected chi connectivity index (χ2v) is 7.43. The maximum atomic E-state index is 14.0. The average molecular weight is 448 g/mol. The fourth-order valence-corrected chi connectivity index (χ4v) is 3.68. The van der Waals surface area contributed by atoms with Crippen LogP contribution in [-0.4, -0.2) is 20.1 Å². The highest BCUT2D eigenvalue weighted by molar-refractivity contribution is 6.06. The van der Waals surface area contributed by atoms with Gasteiger partial charge in [-0.25, -0.2) is 17.7 Å². The first-order valence-corrected chi connectivity index (χ1v) is 9.92. The highest BCUT2D eigenvalue weighted by atomic mass is 19.1. The summed E-state index contributed by atoms with van der Waals surface area (Å²) >= 11 is 0. The maximum Gasteiger partial charge on any atom is 0.277 e. The lowest BCUT2D eigenvalue weighted by molar-refractivity contribution is 0.102. The molecule has 6 nitrogen and oxygen atoms in total. The third kappa shape index (κ3) is 3.73. The molecule has 5 rings (SSSR count). The summed E-state index contributed by atoms with van der Waals surface area (Å²) in [6.45, 7) is 0.126. The van der Waals surface area contributed by atoms with E-state index in [1.54, 1.807) is 24.3 Å². The number of fused-ring (bicyclic) bond motifs is 3. The molecular weight excluding hydrogens is 433 g/mol. The van der Waals surface area contributed by atoms with E-state index in [2.05, 4.69) is 10.4 Å². The van der Waals surface area contributed by atoms with E-state index in [0.717, 1.165) is 18.2 Å². The first-order chi connectivity index (χ1) is 15.9. The molecule has 0 bridgehead atoms. The fourth-order valence-electron chi connectivity index (χ4n) is 3.68. The van der Waals surface area contributed by atoms with Crippen LogP contribution in [0.15, 0.2) is 77.7 Å². The molecule has 0 spiro atoms. The molecule has 2 heterocycles. The van der Waals surface area contributed by atoms with Gasteiger partial charge in [-0.05, 0) is 54.1 Å². The van der Waals surface area contributed by atoms with Gasteiger partial charge in [0.05, 0.1) is 29.5 Å². The lowest BCUT2D eigenvalue weighted by atomic mass is 10.1. The Kier molecular flexibility index (Phi) is 4.93. The van der Waals surface area contributed by atoms with Crippen LogP contribution in [0, 0.1) is 17.5 Å². The Morgan fingerprint density at radius 3 is 2.39 bits per heavy atom. The number of nitrogens with one attached hydrogen (secondary N) is 1. The first-order valence-electron chi connectivity index (χ1n) is 9.92. The van der Waals surface area contributed by atoms with Crippen LogP contribution in [0.3, 0.4) is 0 Å². The third-order valence-electron chi connectivity index (χ3n) is 5.29. The number of benzene rings is 3. The predicted octanol–water partition coefficient (Wildman–Crippen LogP) is 4.37. The normalized spacial score (nSPS) is 11.2. The number of carbonyl (C=O) groups is 1. The predicted molar refractivity (Wildman–Crippen MR) is 117 cm³/mol. The number of anilines is 1. The van der Waals surface area contributed by atoms with Crippen molar-refractivity contribution < 1.29 is 18.0 Å². The van der Waals surface area contributed by atoms with Crippen molar-refractivity contribution in [1.29, 1.82) is 0 Å². The summed E-state index contributed by atoms with van der Waals surface area (Å²) in [6.07, 6.45) is 1.49. The van der Waals surface area contributed by atoms with Crippen LogP contribution in [0.2, 0.25) is 0 Å². The molecule has 0 radical (unpaired) electrons. The molecule has 0 aliphatic heterocycles. The summed E-state index contributed by atoms with van der Waals surface area (Å²) in [5, 5.41) is 6.54. The van der Waals surface area contributed by atoms with Gasteiger partial charge in [0.1, 0.15) is 23.0 Å². The SMILES string of the molecule is O=C(Nc1cc(F)ccc1F)c1ccc2c(c1)n(Cc1ccc(F)cc1)c(=O)c1ccnn12. The van der Waals surface area contributed by atoms with Gasteiger partial charge in [-0.3, -0.25) is 9.59 Å². The minimum Gasteiger partial charge on any atom is -0.319 e. The quantitative estimate of drug-likeness (QED) is 0.444. The molecule has 0 unspecified atom stereocenters. The molecule has 0 atom stereocenters. The zero-order chi connectivity index (χ0) is 23.1. The Balaban J connectivity index is 1.63. The monoisotopic (exact) mass is 448 g/mol. The second-order valence-electron chi connectivity index (χ2n) is 7.43. The van der Waals surface area contributed by atoms with Gasteiger partial charge in [-0.15, -0.1) is 0 Å². The summed E-state index contributed by atoms with van der Waals surface area (Å²) in [5.74, 6) is -2.55. The molecule has 0 aliphatic rings. The van der Waals surface area contributed by atoms with Gasteiger partial charge in [-0.2, -0.15) is 5.10 Å². The maximum absolute atomic E-state index is 14.0. The number of hydrogen-bond donors (Lipinski definition) is 1. The minimum absolute atomic E-state index is 0.126. The molecule has 9 heteroatoms. The summed E-state index contributed by atoms with van der Waals surface area (Å²) < 4.78 is 43.7. The molecule has 3 aromatic carbocycles. The molecule has 0 saturated carbocycles. The molecule has 1 amide bonds. The van der Waals surface area contributed by atoms with E-state index >= 15 is 0 Å². The molecule has 5 aromatic rings. The van der Waals surface area contributed by atoms with Gasteiger partial charge >= 0.3 is 0 Å². The minimum atomic E-state index is -0.781. The number of rotatable bonds is 4. The van der Waals surface area contributed by atoms with E-state index in [1.165, 1.54) is 39.5 Å². The van der Waals surface area contributed by atoms with E-state index < -0.39 is 23.4 Å². The molecule has 2 aromatic heterocycles. The second kappa shape index (κ2) is 7.94. The van der Waals surface area contributed by atoms with E-state index in [9.17, 15) is 22.8 Å². The number of amides is 1. The van der Waals surface area contributed by atoms with Crippen molar-refractivity contribution in [3.05, 3.63) is 112 Å². The van der Waals surface area contributed by atoms with Crippen LogP contribution in [0.4, 0.5) is 18.9 Å². The fraction of sp³-hybridized carbons (Fsp3) is 0.0417.